The van der Waals surface area contributed by atoms with Crippen LogP contribution in [0.1, 0.15) is 23.4 Å². The molecule has 96 valence electrons. The maximum absolute atomic E-state index is 5.46. The molecule has 1 N–H and O–H groups in total. The minimum Gasteiger partial charge on any atom is -0.496 e. The van der Waals surface area contributed by atoms with E-state index < -0.39 is 0 Å². The van der Waals surface area contributed by atoms with Crippen molar-refractivity contribution in [2.24, 2.45) is 0 Å². The molecule has 0 aliphatic rings. The van der Waals surface area contributed by atoms with Gasteiger partial charge in [-0.2, -0.15) is 0 Å². The van der Waals surface area contributed by atoms with Crippen molar-refractivity contribution in [1.29, 1.82) is 0 Å². The predicted molar refractivity (Wildman–Crippen MR) is 80.5 cm³/mol. The van der Waals surface area contributed by atoms with Gasteiger partial charge in [0.25, 0.3) is 0 Å². The van der Waals surface area contributed by atoms with Crippen LogP contribution in [0.2, 0.25) is 0 Å². The molecular weight excluding hydrogens is 310 g/mol. The lowest BCUT2D eigenvalue weighted by Gasteiger charge is -2.20. The molecule has 1 aromatic heterocycles. The van der Waals surface area contributed by atoms with Gasteiger partial charge in [0.05, 0.1) is 13.2 Å². The second kappa shape index (κ2) is 6.36. The van der Waals surface area contributed by atoms with Crippen molar-refractivity contribution in [3.8, 4) is 5.75 Å². The Morgan fingerprint density at radius 3 is 2.72 bits per heavy atom. The van der Waals surface area contributed by atoms with Crippen LogP contribution in [-0.2, 0) is 0 Å². The molecule has 0 aliphatic carbocycles. The quantitative estimate of drug-likeness (QED) is 0.888. The number of halogens is 1. The Morgan fingerprint density at radius 2 is 2.11 bits per heavy atom. The van der Waals surface area contributed by atoms with E-state index in [0.29, 0.717) is 0 Å². The summed E-state index contributed by atoms with van der Waals surface area (Å²) in [7, 11) is 1.71. The predicted octanol–water partition coefficient (Wildman–Crippen LogP) is 4.22. The number of para-hydroxylation sites is 1. The summed E-state index contributed by atoms with van der Waals surface area (Å²) < 4.78 is 6.60. The van der Waals surface area contributed by atoms with Crippen molar-refractivity contribution in [1.82, 2.24) is 5.32 Å². The smallest absolute Gasteiger partial charge is 0.124 e. The first-order valence-electron chi connectivity index (χ1n) is 5.87. The molecule has 0 radical (unpaired) electrons. The van der Waals surface area contributed by atoms with E-state index in [1.807, 2.05) is 18.2 Å². The highest BCUT2D eigenvalue weighted by Gasteiger charge is 2.20. The van der Waals surface area contributed by atoms with Crippen LogP contribution in [-0.4, -0.2) is 13.7 Å². The van der Waals surface area contributed by atoms with Gasteiger partial charge in [0, 0.05) is 14.9 Å². The minimum atomic E-state index is 0.167. The monoisotopic (exact) mass is 325 g/mol. The summed E-state index contributed by atoms with van der Waals surface area (Å²) >= 11 is 5.36. The molecule has 4 heteroatoms. The summed E-state index contributed by atoms with van der Waals surface area (Å²) in [6.45, 7) is 3.02. The molecule has 0 saturated heterocycles. The lowest BCUT2D eigenvalue weighted by Crippen LogP contribution is -2.21. The van der Waals surface area contributed by atoms with Crippen molar-refractivity contribution >= 4 is 27.3 Å². The van der Waals surface area contributed by atoms with Crippen LogP contribution in [0.5, 0.6) is 5.75 Å². The molecule has 1 atom stereocenters. The summed E-state index contributed by atoms with van der Waals surface area (Å²) in [4.78, 5) is 1.28. The number of hydrogen-bond acceptors (Lipinski definition) is 3. The Morgan fingerprint density at radius 1 is 1.33 bits per heavy atom. The number of thiophene rings is 1. The van der Waals surface area contributed by atoms with E-state index in [4.69, 9.17) is 4.74 Å². The van der Waals surface area contributed by atoms with E-state index in [1.54, 1.807) is 18.4 Å². The largest absolute Gasteiger partial charge is 0.496 e. The van der Waals surface area contributed by atoms with Gasteiger partial charge >= 0.3 is 0 Å². The second-order valence-corrected chi connectivity index (χ2v) is 5.67. The Kier molecular flexibility index (Phi) is 4.80. The SMILES string of the molecule is CCNC(c1ccccc1OC)c1sccc1Br. The van der Waals surface area contributed by atoms with E-state index in [2.05, 4.69) is 45.7 Å². The zero-order valence-electron chi connectivity index (χ0n) is 10.4. The van der Waals surface area contributed by atoms with Crippen LogP contribution in [0.4, 0.5) is 0 Å². The molecule has 2 rings (SSSR count). The molecular formula is C14H16BrNOS. The van der Waals surface area contributed by atoms with Gasteiger partial charge in [-0.25, -0.2) is 0 Å². The number of methoxy groups -OCH3 is 1. The summed E-state index contributed by atoms with van der Waals surface area (Å²) in [6, 6.07) is 10.4. The van der Waals surface area contributed by atoms with E-state index in [-0.39, 0.29) is 6.04 Å². The third-order valence-corrected chi connectivity index (χ3v) is 4.70. The van der Waals surface area contributed by atoms with Crippen LogP contribution >= 0.6 is 27.3 Å². The van der Waals surface area contributed by atoms with Crippen LogP contribution in [0.25, 0.3) is 0 Å². The zero-order valence-corrected chi connectivity index (χ0v) is 12.8. The van der Waals surface area contributed by atoms with Gasteiger partial charge in [0.2, 0.25) is 0 Å². The number of benzene rings is 1. The van der Waals surface area contributed by atoms with Gasteiger partial charge in [0.15, 0.2) is 0 Å². The highest BCUT2D eigenvalue weighted by atomic mass is 79.9. The van der Waals surface area contributed by atoms with Crippen molar-refractivity contribution in [3.63, 3.8) is 0 Å². The van der Waals surface area contributed by atoms with E-state index in [9.17, 15) is 0 Å². The fourth-order valence-corrected chi connectivity index (χ4v) is 3.66. The maximum Gasteiger partial charge on any atom is 0.124 e. The number of rotatable bonds is 5. The molecule has 1 unspecified atom stereocenters. The maximum atomic E-state index is 5.46. The zero-order chi connectivity index (χ0) is 13.0. The molecule has 2 nitrogen and oxygen atoms in total. The minimum absolute atomic E-state index is 0.167. The van der Waals surface area contributed by atoms with Gasteiger partial charge < -0.3 is 10.1 Å². The topological polar surface area (TPSA) is 21.3 Å². The van der Waals surface area contributed by atoms with Gasteiger partial charge in [-0.05, 0) is 40.0 Å². The molecule has 1 aromatic carbocycles. The Bertz CT molecular complexity index is 512. The number of ether oxygens (including phenoxy) is 1. The molecule has 0 amide bonds. The molecule has 2 aromatic rings. The molecule has 0 saturated carbocycles. The van der Waals surface area contributed by atoms with Crippen molar-refractivity contribution in [2.45, 2.75) is 13.0 Å². The van der Waals surface area contributed by atoms with E-state index >= 15 is 0 Å². The fourth-order valence-electron chi connectivity index (χ4n) is 1.96. The Labute approximate surface area is 120 Å². The fraction of sp³-hybridized carbons (Fsp3) is 0.286. The molecule has 0 bridgehead atoms. The summed E-state index contributed by atoms with van der Waals surface area (Å²) in [5, 5.41) is 5.61. The average Bonchev–Trinajstić information content (AvgIpc) is 2.82. The van der Waals surface area contributed by atoms with Crippen molar-refractivity contribution < 1.29 is 4.74 Å². The third kappa shape index (κ3) is 2.76. The van der Waals surface area contributed by atoms with Crippen molar-refractivity contribution in [2.75, 3.05) is 13.7 Å². The van der Waals surface area contributed by atoms with Crippen molar-refractivity contribution in [3.05, 3.63) is 50.6 Å². The van der Waals surface area contributed by atoms with Crippen LogP contribution < -0.4 is 10.1 Å². The van der Waals surface area contributed by atoms with Crippen LogP contribution in [0.3, 0.4) is 0 Å². The first kappa shape index (κ1) is 13.6. The average molecular weight is 326 g/mol. The second-order valence-electron chi connectivity index (χ2n) is 3.87. The number of nitrogens with one attached hydrogen (secondary N) is 1. The Balaban J connectivity index is 2.45. The summed E-state index contributed by atoms with van der Waals surface area (Å²) in [5.74, 6) is 0.920. The summed E-state index contributed by atoms with van der Waals surface area (Å²) in [6.07, 6.45) is 0. The first-order chi connectivity index (χ1) is 8.77. The molecule has 0 spiro atoms. The normalized spacial score (nSPS) is 12.4. The van der Waals surface area contributed by atoms with E-state index in [1.165, 1.54) is 10.4 Å². The highest BCUT2D eigenvalue weighted by Crippen LogP contribution is 2.36. The molecule has 18 heavy (non-hydrogen) atoms. The lowest BCUT2D eigenvalue weighted by molar-refractivity contribution is 0.404. The third-order valence-electron chi connectivity index (χ3n) is 2.77. The van der Waals surface area contributed by atoms with Crippen LogP contribution in [0, 0.1) is 0 Å². The van der Waals surface area contributed by atoms with Crippen LogP contribution in [0.15, 0.2) is 40.2 Å². The molecule has 0 fully saturated rings. The van der Waals surface area contributed by atoms with E-state index in [0.717, 1.165) is 16.8 Å². The molecule has 1 heterocycles. The van der Waals surface area contributed by atoms with Gasteiger partial charge in [0.1, 0.15) is 5.75 Å². The van der Waals surface area contributed by atoms with Gasteiger partial charge in [-0.15, -0.1) is 11.3 Å². The lowest BCUT2D eigenvalue weighted by atomic mass is 10.0. The number of hydrogen-bond donors (Lipinski definition) is 1. The van der Waals surface area contributed by atoms with Gasteiger partial charge in [-0.3, -0.25) is 0 Å². The first-order valence-corrected chi connectivity index (χ1v) is 7.54. The highest BCUT2D eigenvalue weighted by molar-refractivity contribution is 9.10. The summed E-state index contributed by atoms with van der Waals surface area (Å²) in [5.41, 5.74) is 1.17. The standard InChI is InChI=1S/C14H16BrNOS/c1-3-16-13(14-11(15)8-9-18-14)10-6-4-5-7-12(10)17-2/h4-9,13,16H,3H2,1-2H3. The molecule has 0 aliphatic heterocycles. The van der Waals surface area contributed by atoms with Gasteiger partial charge in [-0.1, -0.05) is 25.1 Å². The Hall–Kier alpha value is -0.840.